The number of anilines is 1. The Labute approximate surface area is 159 Å². The van der Waals surface area contributed by atoms with Crippen molar-refractivity contribution in [2.45, 2.75) is 6.18 Å². The summed E-state index contributed by atoms with van der Waals surface area (Å²) in [6.07, 6.45) is -4.52. The van der Waals surface area contributed by atoms with Gasteiger partial charge in [-0.25, -0.2) is 0 Å². The Hall–Kier alpha value is -3.04. The zero-order valence-corrected chi connectivity index (χ0v) is 15.4. The van der Waals surface area contributed by atoms with Gasteiger partial charge >= 0.3 is 6.18 Å². The topological polar surface area (TPSA) is 67.8 Å². The molecule has 2 heterocycles. The number of carbonyl (C=O) groups excluding carboxylic acids is 1. The molecule has 7 nitrogen and oxygen atoms in total. The fraction of sp³-hybridized carbons (Fsp3) is 0.389. The maximum atomic E-state index is 12.8. The second kappa shape index (κ2) is 7.91. The van der Waals surface area contributed by atoms with E-state index in [0.29, 0.717) is 49.1 Å². The smallest absolute Gasteiger partial charge is 0.435 e. The molecule has 3 rings (SSSR count). The third kappa shape index (κ3) is 4.26. The first kappa shape index (κ1) is 19.7. The molecule has 1 aliphatic heterocycles. The van der Waals surface area contributed by atoms with Crippen LogP contribution >= 0.6 is 0 Å². The van der Waals surface area contributed by atoms with Crippen molar-refractivity contribution >= 4 is 11.7 Å². The largest absolute Gasteiger partial charge is 0.497 e. The molecule has 150 valence electrons. The lowest BCUT2D eigenvalue weighted by Crippen LogP contribution is -2.49. The first-order chi connectivity index (χ1) is 13.3. The van der Waals surface area contributed by atoms with E-state index in [0.717, 1.165) is 6.07 Å². The summed E-state index contributed by atoms with van der Waals surface area (Å²) in [6.45, 7) is 1.68. The maximum Gasteiger partial charge on any atom is 0.435 e. The molecule has 0 saturated carbocycles. The highest BCUT2D eigenvalue weighted by molar-refractivity contribution is 5.95. The van der Waals surface area contributed by atoms with E-state index in [1.165, 1.54) is 20.3 Å². The van der Waals surface area contributed by atoms with Crippen LogP contribution in [0.25, 0.3) is 0 Å². The lowest BCUT2D eigenvalue weighted by atomic mass is 10.1. The van der Waals surface area contributed by atoms with Crippen LogP contribution in [0.5, 0.6) is 11.5 Å². The first-order valence-electron chi connectivity index (χ1n) is 8.50. The van der Waals surface area contributed by atoms with E-state index in [4.69, 9.17) is 9.47 Å². The molecule has 0 atom stereocenters. The van der Waals surface area contributed by atoms with Gasteiger partial charge in [0.15, 0.2) is 11.5 Å². The van der Waals surface area contributed by atoms with Gasteiger partial charge in [-0.15, -0.1) is 10.2 Å². The van der Waals surface area contributed by atoms with Gasteiger partial charge in [-0.2, -0.15) is 13.2 Å². The predicted octanol–water partition coefficient (Wildman–Crippen LogP) is 2.48. The SMILES string of the molecule is COc1cc(OC)cc(C(=O)N2CCN(c3ccc(C(F)(F)F)nn3)CC2)c1. The highest BCUT2D eigenvalue weighted by atomic mass is 19.4. The van der Waals surface area contributed by atoms with E-state index >= 15 is 0 Å². The molecule has 0 bridgehead atoms. The number of carbonyl (C=O) groups is 1. The van der Waals surface area contributed by atoms with Crippen LogP contribution in [0.3, 0.4) is 0 Å². The molecule has 0 aliphatic carbocycles. The number of ether oxygens (including phenoxy) is 2. The standard InChI is InChI=1S/C18H19F3N4O3/c1-27-13-9-12(10-14(11-13)28-2)17(26)25-7-5-24(6-8-25)16-4-3-15(22-23-16)18(19,20)21/h3-4,9-11H,5-8H2,1-2H3. The molecule has 0 N–H and O–H groups in total. The Morgan fingerprint density at radius 2 is 1.57 bits per heavy atom. The minimum absolute atomic E-state index is 0.171. The van der Waals surface area contributed by atoms with Crippen molar-refractivity contribution in [2.24, 2.45) is 0 Å². The van der Waals surface area contributed by atoms with Crippen molar-refractivity contribution in [2.75, 3.05) is 45.3 Å². The van der Waals surface area contributed by atoms with Gasteiger partial charge in [-0.1, -0.05) is 0 Å². The monoisotopic (exact) mass is 396 g/mol. The number of amides is 1. The molecule has 1 aromatic heterocycles. The van der Waals surface area contributed by atoms with Gasteiger partial charge < -0.3 is 19.3 Å². The molecule has 1 amide bonds. The normalized spacial score (nSPS) is 14.8. The Morgan fingerprint density at radius 3 is 2.04 bits per heavy atom. The van der Waals surface area contributed by atoms with E-state index in [1.54, 1.807) is 28.0 Å². The number of halogens is 3. The molecule has 1 aliphatic rings. The number of benzene rings is 1. The highest BCUT2D eigenvalue weighted by Crippen LogP contribution is 2.28. The number of aromatic nitrogens is 2. The van der Waals surface area contributed by atoms with Crippen LogP contribution in [0.15, 0.2) is 30.3 Å². The Balaban J connectivity index is 1.66. The molecular formula is C18H19F3N4O3. The van der Waals surface area contributed by atoms with Crippen LogP contribution in [-0.4, -0.2) is 61.4 Å². The van der Waals surface area contributed by atoms with Gasteiger partial charge in [0, 0.05) is 37.8 Å². The second-order valence-electron chi connectivity index (χ2n) is 6.16. The lowest BCUT2D eigenvalue weighted by Gasteiger charge is -2.35. The van der Waals surface area contributed by atoms with Gasteiger partial charge in [-0.3, -0.25) is 4.79 Å². The fourth-order valence-electron chi connectivity index (χ4n) is 2.90. The minimum Gasteiger partial charge on any atom is -0.497 e. The van der Waals surface area contributed by atoms with Gasteiger partial charge in [0.05, 0.1) is 14.2 Å². The molecule has 1 fully saturated rings. The summed E-state index contributed by atoms with van der Waals surface area (Å²) in [4.78, 5) is 16.2. The molecule has 0 spiro atoms. The van der Waals surface area contributed by atoms with E-state index in [9.17, 15) is 18.0 Å². The highest BCUT2D eigenvalue weighted by Gasteiger charge is 2.33. The average Bonchev–Trinajstić information content (AvgIpc) is 2.72. The summed E-state index contributed by atoms with van der Waals surface area (Å²) >= 11 is 0. The summed E-state index contributed by atoms with van der Waals surface area (Å²) in [5, 5.41) is 6.90. The summed E-state index contributed by atoms with van der Waals surface area (Å²) in [5.41, 5.74) is -0.587. The van der Waals surface area contributed by atoms with Crippen LogP contribution in [0.2, 0.25) is 0 Å². The minimum atomic E-state index is -4.52. The summed E-state index contributed by atoms with van der Waals surface area (Å²) < 4.78 is 48.2. The molecular weight excluding hydrogens is 377 g/mol. The van der Waals surface area contributed by atoms with Gasteiger partial charge in [0.1, 0.15) is 11.5 Å². The molecule has 10 heteroatoms. The first-order valence-corrected chi connectivity index (χ1v) is 8.50. The van der Waals surface area contributed by atoms with Crippen molar-refractivity contribution in [3.63, 3.8) is 0 Å². The van der Waals surface area contributed by atoms with Crippen LogP contribution in [-0.2, 0) is 6.18 Å². The number of hydrogen-bond donors (Lipinski definition) is 0. The number of nitrogens with zero attached hydrogens (tertiary/aromatic N) is 4. The molecule has 1 aromatic carbocycles. The number of alkyl halides is 3. The van der Waals surface area contributed by atoms with Crippen LogP contribution in [0.4, 0.5) is 19.0 Å². The van der Waals surface area contributed by atoms with Crippen molar-refractivity contribution in [1.29, 1.82) is 0 Å². The maximum absolute atomic E-state index is 12.8. The third-order valence-electron chi connectivity index (χ3n) is 4.43. The van der Waals surface area contributed by atoms with Gasteiger partial charge in [0.2, 0.25) is 0 Å². The Morgan fingerprint density at radius 1 is 0.964 bits per heavy atom. The zero-order chi connectivity index (χ0) is 20.3. The Kier molecular flexibility index (Phi) is 5.57. The third-order valence-corrected chi connectivity index (χ3v) is 4.43. The predicted molar refractivity (Wildman–Crippen MR) is 94.7 cm³/mol. The summed E-state index contributed by atoms with van der Waals surface area (Å²) in [5.74, 6) is 1.21. The number of piperazine rings is 1. The Bertz CT molecular complexity index is 813. The average molecular weight is 396 g/mol. The fourth-order valence-corrected chi connectivity index (χ4v) is 2.90. The van der Waals surface area contributed by atoms with Crippen molar-refractivity contribution in [3.05, 3.63) is 41.6 Å². The second-order valence-corrected chi connectivity index (χ2v) is 6.16. The van der Waals surface area contributed by atoms with Crippen molar-refractivity contribution in [1.82, 2.24) is 15.1 Å². The van der Waals surface area contributed by atoms with E-state index in [-0.39, 0.29) is 5.91 Å². The van der Waals surface area contributed by atoms with Crippen LogP contribution in [0, 0.1) is 0 Å². The zero-order valence-electron chi connectivity index (χ0n) is 15.4. The van der Waals surface area contributed by atoms with Gasteiger partial charge in [-0.05, 0) is 24.3 Å². The quantitative estimate of drug-likeness (QED) is 0.791. The molecule has 1 saturated heterocycles. The van der Waals surface area contributed by atoms with Gasteiger partial charge in [0.25, 0.3) is 5.91 Å². The number of hydrogen-bond acceptors (Lipinski definition) is 6. The lowest BCUT2D eigenvalue weighted by molar-refractivity contribution is -0.141. The van der Waals surface area contributed by atoms with Crippen molar-refractivity contribution < 1.29 is 27.4 Å². The number of methoxy groups -OCH3 is 2. The van der Waals surface area contributed by atoms with E-state index in [1.807, 2.05) is 0 Å². The summed E-state index contributed by atoms with van der Waals surface area (Å²) in [6, 6.07) is 7.15. The number of rotatable bonds is 4. The van der Waals surface area contributed by atoms with Crippen LogP contribution < -0.4 is 14.4 Å². The van der Waals surface area contributed by atoms with Crippen LogP contribution in [0.1, 0.15) is 16.1 Å². The van der Waals surface area contributed by atoms with Crippen molar-refractivity contribution in [3.8, 4) is 11.5 Å². The van der Waals surface area contributed by atoms with E-state index < -0.39 is 11.9 Å². The molecule has 0 unspecified atom stereocenters. The molecule has 28 heavy (non-hydrogen) atoms. The molecule has 0 radical (unpaired) electrons. The summed E-state index contributed by atoms with van der Waals surface area (Å²) in [7, 11) is 3.01. The molecule has 2 aromatic rings. The van der Waals surface area contributed by atoms with E-state index in [2.05, 4.69) is 10.2 Å².